The Kier molecular flexibility index (Phi) is 2.22. The Morgan fingerprint density at radius 2 is 2.19 bits per heavy atom. The minimum atomic E-state index is -0.513. The first kappa shape index (κ1) is 9.54. The second-order valence-corrected chi connectivity index (χ2v) is 3.85. The molecule has 1 spiro atoms. The molecule has 0 N–H and O–H groups in total. The molecule has 3 rings (SSSR count). The fraction of sp³-hybridized carbons (Fsp3) is 0.333. The highest BCUT2D eigenvalue weighted by Crippen LogP contribution is 2.36. The number of nitrogens with zero attached hydrogens (tertiary/aromatic N) is 2. The van der Waals surface area contributed by atoms with Gasteiger partial charge in [-0.3, -0.25) is 0 Å². The number of hydrogen-bond acceptors (Lipinski definition) is 4. The van der Waals surface area contributed by atoms with E-state index in [9.17, 15) is 0 Å². The summed E-state index contributed by atoms with van der Waals surface area (Å²) in [6.07, 6.45) is 11.1. The quantitative estimate of drug-likeness (QED) is 0.719. The zero-order chi connectivity index (χ0) is 10.8. The first-order valence-electron chi connectivity index (χ1n) is 5.37. The number of rotatable bonds is 1. The second-order valence-electron chi connectivity index (χ2n) is 3.85. The van der Waals surface area contributed by atoms with E-state index in [2.05, 4.69) is 9.97 Å². The van der Waals surface area contributed by atoms with Gasteiger partial charge in [0.25, 0.3) is 0 Å². The molecule has 1 aromatic rings. The third kappa shape index (κ3) is 1.72. The van der Waals surface area contributed by atoms with Crippen molar-refractivity contribution in [3.8, 4) is 0 Å². The zero-order valence-electron chi connectivity index (χ0n) is 8.80. The minimum absolute atomic E-state index is 0.513. The van der Waals surface area contributed by atoms with Crippen LogP contribution in [0.2, 0.25) is 0 Å². The third-order valence-corrected chi connectivity index (χ3v) is 2.67. The molecule has 4 heteroatoms. The third-order valence-electron chi connectivity index (χ3n) is 2.67. The number of allylic oxidation sites excluding steroid dienone is 1. The summed E-state index contributed by atoms with van der Waals surface area (Å²) >= 11 is 0. The van der Waals surface area contributed by atoms with Crippen LogP contribution in [0.15, 0.2) is 36.4 Å². The molecule has 1 saturated heterocycles. The van der Waals surface area contributed by atoms with Crippen LogP contribution in [0.3, 0.4) is 0 Å². The fourth-order valence-electron chi connectivity index (χ4n) is 1.91. The number of ether oxygens (including phenoxy) is 2. The summed E-state index contributed by atoms with van der Waals surface area (Å²) in [5, 5.41) is 0. The second kappa shape index (κ2) is 3.72. The summed E-state index contributed by atoms with van der Waals surface area (Å²) in [6.45, 7) is 0.763. The predicted octanol–water partition coefficient (Wildman–Crippen LogP) is 1.91. The highest BCUT2D eigenvalue weighted by molar-refractivity contribution is 5.48. The number of hydrogen-bond donors (Lipinski definition) is 0. The van der Waals surface area contributed by atoms with Crippen LogP contribution in [0.25, 0.3) is 6.08 Å². The van der Waals surface area contributed by atoms with Crippen LogP contribution >= 0.6 is 0 Å². The van der Waals surface area contributed by atoms with Crippen LogP contribution in [0.5, 0.6) is 0 Å². The van der Waals surface area contributed by atoms with E-state index < -0.39 is 5.79 Å². The molecule has 1 aromatic heterocycles. The average Bonchev–Trinajstić information content (AvgIpc) is 2.92. The van der Waals surface area contributed by atoms with Gasteiger partial charge in [0, 0.05) is 24.9 Å². The van der Waals surface area contributed by atoms with Crippen molar-refractivity contribution in [2.24, 2.45) is 0 Å². The maximum absolute atomic E-state index is 5.76. The SMILES string of the molecule is C1=C[C@@]2(CCCO2)O/C1=C/c1ncccn1. The lowest BCUT2D eigenvalue weighted by Crippen LogP contribution is -2.24. The van der Waals surface area contributed by atoms with Crippen LogP contribution in [-0.2, 0) is 9.47 Å². The van der Waals surface area contributed by atoms with E-state index in [0.717, 1.165) is 25.2 Å². The first-order valence-corrected chi connectivity index (χ1v) is 5.37. The molecule has 16 heavy (non-hydrogen) atoms. The summed E-state index contributed by atoms with van der Waals surface area (Å²) in [7, 11) is 0. The molecule has 3 heterocycles. The van der Waals surface area contributed by atoms with E-state index in [1.807, 2.05) is 18.2 Å². The summed E-state index contributed by atoms with van der Waals surface area (Å²) in [6, 6.07) is 1.79. The van der Waals surface area contributed by atoms with Crippen molar-refractivity contribution in [2.75, 3.05) is 6.61 Å². The molecule has 0 bridgehead atoms. The van der Waals surface area contributed by atoms with Crippen molar-refractivity contribution in [1.29, 1.82) is 0 Å². The molecule has 0 aromatic carbocycles. The normalized spacial score (nSPS) is 30.1. The Bertz CT molecular complexity index is 434. The van der Waals surface area contributed by atoms with E-state index in [0.29, 0.717) is 5.82 Å². The van der Waals surface area contributed by atoms with E-state index in [1.54, 1.807) is 18.5 Å². The molecule has 1 atom stereocenters. The Hall–Kier alpha value is -1.68. The molecule has 4 nitrogen and oxygen atoms in total. The Morgan fingerprint density at radius 1 is 1.31 bits per heavy atom. The summed E-state index contributed by atoms with van der Waals surface area (Å²) < 4.78 is 11.3. The van der Waals surface area contributed by atoms with Gasteiger partial charge in [-0.25, -0.2) is 9.97 Å². The molecule has 0 amide bonds. The first-order chi connectivity index (χ1) is 7.86. The topological polar surface area (TPSA) is 44.2 Å². The highest BCUT2D eigenvalue weighted by atomic mass is 16.7. The van der Waals surface area contributed by atoms with Crippen LogP contribution in [-0.4, -0.2) is 22.4 Å². The van der Waals surface area contributed by atoms with Crippen LogP contribution in [0.1, 0.15) is 18.7 Å². The summed E-state index contributed by atoms with van der Waals surface area (Å²) in [5.74, 6) is 0.894. The standard InChI is InChI=1S/C12H12N2O2/c1-4-12(15-8-1)5-3-10(16-12)9-11-13-6-2-7-14-11/h2-3,5-7,9H,1,4,8H2/b10-9+/t12-/m1/s1. The fourth-order valence-corrected chi connectivity index (χ4v) is 1.91. The van der Waals surface area contributed by atoms with Crippen LogP contribution < -0.4 is 0 Å². The lowest BCUT2D eigenvalue weighted by molar-refractivity contribution is -0.135. The van der Waals surface area contributed by atoms with Gasteiger partial charge in [0.05, 0.1) is 6.61 Å². The summed E-state index contributed by atoms with van der Waals surface area (Å²) in [5.41, 5.74) is 0. The van der Waals surface area contributed by atoms with Gasteiger partial charge in [-0.1, -0.05) is 0 Å². The molecule has 2 aliphatic heterocycles. The highest BCUT2D eigenvalue weighted by Gasteiger charge is 2.38. The van der Waals surface area contributed by atoms with Crippen molar-refractivity contribution in [2.45, 2.75) is 18.6 Å². The molecule has 0 radical (unpaired) electrons. The summed E-state index contributed by atoms with van der Waals surface area (Å²) in [4.78, 5) is 8.23. The van der Waals surface area contributed by atoms with Crippen molar-refractivity contribution < 1.29 is 9.47 Å². The van der Waals surface area contributed by atoms with E-state index in [4.69, 9.17) is 9.47 Å². The van der Waals surface area contributed by atoms with Crippen molar-refractivity contribution in [3.63, 3.8) is 0 Å². The molecular formula is C12H12N2O2. The average molecular weight is 216 g/mol. The van der Waals surface area contributed by atoms with Crippen molar-refractivity contribution in [3.05, 3.63) is 42.2 Å². The lowest BCUT2D eigenvalue weighted by Gasteiger charge is -2.20. The molecule has 0 unspecified atom stereocenters. The van der Waals surface area contributed by atoms with Gasteiger partial charge in [0.1, 0.15) is 5.76 Å². The molecule has 82 valence electrons. The van der Waals surface area contributed by atoms with E-state index in [-0.39, 0.29) is 0 Å². The molecule has 1 fully saturated rings. The van der Waals surface area contributed by atoms with Gasteiger partial charge in [-0.2, -0.15) is 0 Å². The van der Waals surface area contributed by atoms with Gasteiger partial charge >= 0.3 is 0 Å². The molecule has 0 saturated carbocycles. The van der Waals surface area contributed by atoms with Crippen molar-refractivity contribution >= 4 is 6.08 Å². The van der Waals surface area contributed by atoms with Gasteiger partial charge in [0.2, 0.25) is 5.79 Å². The Balaban J connectivity index is 1.80. The molecule has 0 aliphatic carbocycles. The van der Waals surface area contributed by atoms with Crippen molar-refractivity contribution in [1.82, 2.24) is 9.97 Å². The predicted molar refractivity (Wildman–Crippen MR) is 58.2 cm³/mol. The van der Waals surface area contributed by atoms with Crippen LogP contribution in [0, 0.1) is 0 Å². The van der Waals surface area contributed by atoms with Crippen LogP contribution in [0.4, 0.5) is 0 Å². The smallest absolute Gasteiger partial charge is 0.230 e. The number of aromatic nitrogens is 2. The maximum atomic E-state index is 5.76. The van der Waals surface area contributed by atoms with Gasteiger partial charge in [0.15, 0.2) is 5.82 Å². The zero-order valence-corrected chi connectivity index (χ0v) is 8.80. The van der Waals surface area contributed by atoms with Gasteiger partial charge < -0.3 is 9.47 Å². The minimum Gasteiger partial charge on any atom is -0.459 e. The molecule has 2 aliphatic rings. The Morgan fingerprint density at radius 3 is 2.94 bits per heavy atom. The maximum Gasteiger partial charge on any atom is 0.230 e. The van der Waals surface area contributed by atoms with Gasteiger partial charge in [-0.05, 0) is 24.6 Å². The van der Waals surface area contributed by atoms with Gasteiger partial charge in [-0.15, -0.1) is 0 Å². The Labute approximate surface area is 93.6 Å². The largest absolute Gasteiger partial charge is 0.459 e. The lowest BCUT2D eigenvalue weighted by atomic mass is 10.2. The monoisotopic (exact) mass is 216 g/mol. The molecular weight excluding hydrogens is 204 g/mol. The van der Waals surface area contributed by atoms with E-state index in [1.165, 1.54) is 0 Å². The van der Waals surface area contributed by atoms with E-state index >= 15 is 0 Å².